The number of para-hydroxylation sites is 5. The molecule has 0 N–H and O–H groups in total. The Morgan fingerprint density at radius 2 is 0.969 bits per heavy atom. The average molecular weight is 820 g/mol. The number of hydrogen-bond donors (Lipinski definition) is 0. The topological polar surface area (TPSA) is 74.8 Å². The Balaban J connectivity index is 1.01. The third-order valence-electron chi connectivity index (χ3n) is 12.8. The Morgan fingerprint density at radius 3 is 1.81 bits per heavy atom. The van der Waals surface area contributed by atoms with Crippen molar-refractivity contribution in [3.63, 3.8) is 0 Å². The van der Waals surface area contributed by atoms with Crippen LogP contribution in [0.4, 0.5) is 0 Å². The van der Waals surface area contributed by atoms with Crippen LogP contribution in [-0.4, -0.2) is 24.1 Å². The predicted octanol–water partition coefficient (Wildman–Crippen LogP) is 14.9. The second kappa shape index (κ2) is 13.3. The lowest BCUT2D eigenvalue weighted by Crippen LogP contribution is -2.00. The van der Waals surface area contributed by atoms with Gasteiger partial charge in [-0.3, -0.25) is 0 Å². The molecule has 0 aliphatic heterocycles. The Labute approximate surface area is 364 Å². The fraction of sp³-hybridized carbons (Fsp3) is 0. The van der Waals surface area contributed by atoms with Gasteiger partial charge >= 0.3 is 0 Å². The van der Waals surface area contributed by atoms with Crippen LogP contribution in [0.5, 0.6) is 0 Å². The zero-order valence-corrected chi connectivity index (χ0v) is 34.1. The molecule has 0 aliphatic carbocycles. The maximum absolute atomic E-state index is 6.99. The summed E-state index contributed by atoms with van der Waals surface area (Å²) >= 11 is 0. The molecule has 0 fully saturated rings. The summed E-state index contributed by atoms with van der Waals surface area (Å²) in [4.78, 5) is 15.5. The van der Waals surface area contributed by atoms with Gasteiger partial charge < -0.3 is 18.0 Å². The number of benzene rings is 9. The van der Waals surface area contributed by atoms with Crippen molar-refractivity contribution in [2.45, 2.75) is 0 Å². The highest BCUT2D eigenvalue weighted by Crippen LogP contribution is 2.45. The summed E-state index contributed by atoms with van der Waals surface area (Å²) in [5.74, 6) is 1.70. The van der Waals surface area contributed by atoms with Gasteiger partial charge in [0.1, 0.15) is 16.7 Å². The Bertz CT molecular complexity index is 4200. The Hall–Kier alpha value is -8.81. The molecule has 0 radical (unpaired) electrons. The van der Waals surface area contributed by atoms with Crippen LogP contribution in [0.1, 0.15) is 0 Å². The molecule has 0 bridgehead atoms. The van der Waals surface area contributed by atoms with Gasteiger partial charge in [-0.15, -0.1) is 0 Å². The maximum atomic E-state index is 6.99. The van der Waals surface area contributed by atoms with Gasteiger partial charge in [0, 0.05) is 65.5 Å². The molecule has 0 atom stereocenters. The zero-order valence-electron chi connectivity index (χ0n) is 34.1. The third kappa shape index (κ3) is 5.00. The molecule has 5 aromatic heterocycles. The summed E-state index contributed by atoms with van der Waals surface area (Å²) in [5.41, 5.74) is 12.4. The highest BCUT2D eigenvalue weighted by Gasteiger charge is 2.24. The van der Waals surface area contributed by atoms with Crippen molar-refractivity contribution in [3.05, 3.63) is 200 Å². The molecular formula is C57H33N5O2. The van der Waals surface area contributed by atoms with Crippen LogP contribution in [-0.2, 0) is 0 Å². The number of aromatic nitrogens is 5. The summed E-state index contributed by atoms with van der Waals surface area (Å²) in [6.45, 7) is 0. The van der Waals surface area contributed by atoms with E-state index in [1.807, 2.05) is 66.7 Å². The van der Waals surface area contributed by atoms with E-state index in [0.717, 1.165) is 83.0 Å². The molecule has 0 amide bonds. The molecule has 5 heterocycles. The molecule has 0 saturated carbocycles. The molecule has 9 aromatic carbocycles. The first-order chi connectivity index (χ1) is 31.7. The second-order valence-corrected chi connectivity index (χ2v) is 16.3. The van der Waals surface area contributed by atoms with Gasteiger partial charge in [0.25, 0.3) is 0 Å². The first-order valence-electron chi connectivity index (χ1n) is 21.4. The van der Waals surface area contributed by atoms with Gasteiger partial charge in [0.15, 0.2) is 23.1 Å². The number of furan rings is 2. The molecule has 64 heavy (non-hydrogen) atoms. The first-order valence-corrected chi connectivity index (χ1v) is 21.4. The van der Waals surface area contributed by atoms with Crippen molar-refractivity contribution in [3.8, 4) is 45.5 Å². The number of fused-ring (bicyclic) bond motifs is 13. The summed E-state index contributed by atoms with van der Waals surface area (Å²) < 4.78 is 18.1. The van der Waals surface area contributed by atoms with Gasteiger partial charge in [-0.25, -0.2) is 15.0 Å². The number of hydrogen-bond acceptors (Lipinski definition) is 5. The molecule has 0 saturated heterocycles. The smallest absolute Gasteiger partial charge is 0.164 e. The minimum absolute atomic E-state index is 0.556. The minimum atomic E-state index is 0.556. The molecule has 14 aromatic rings. The largest absolute Gasteiger partial charge is 0.456 e. The average Bonchev–Trinajstić information content (AvgIpc) is 4.12. The molecule has 14 rings (SSSR count). The van der Waals surface area contributed by atoms with Gasteiger partial charge in [0.2, 0.25) is 0 Å². The molecule has 0 spiro atoms. The van der Waals surface area contributed by atoms with Gasteiger partial charge in [-0.2, -0.15) is 0 Å². The van der Waals surface area contributed by atoms with Gasteiger partial charge in [0.05, 0.1) is 27.8 Å². The van der Waals surface area contributed by atoms with Crippen LogP contribution >= 0.6 is 0 Å². The molecule has 7 nitrogen and oxygen atoms in total. The van der Waals surface area contributed by atoms with Crippen LogP contribution in [0.3, 0.4) is 0 Å². The van der Waals surface area contributed by atoms with Crippen molar-refractivity contribution in [2.75, 3.05) is 0 Å². The normalized spacial score (nSPS) is 12.1. The van der Waals surface area contributed by atoms with E-state index >= 15 is 0 Å². The lowest BCUT2D eigenvalue weighted by molar-refractivity contribution is 0.666. The summed E-state index contributed by atoms with van der Waals surface area (Å²) in [6, 6.07) is 69.6. The van der Waals surface area contributed by atoms with Crippen molar-refractivity contribution in [2.24, 2.45) is 0 Å². The third-order valence-corrected chi connectivity index (χ3v) is 12.8. The quantitative estimate of drug-likeness (QED) is 0.173. The van der Waals surface area contributed by atoms with E-state index in [-0.39, 0.29) is 0 Å². The number of rotatable bonds is 5. The van der Waals surface area contributed by atoms with E-state index in [1.54, 1.807) is 0 Å². The van der Waals surface area contributed by atoms with Crippen LogP contribution in [0.15, 0.2) is 209 Å². The second-order valence-electron chi connectivity index (χ2n) is 16.3. The summed E-state index contributed by atoms with van der Waals surface area (Å²) in [5, 5.41) is 8.83. The fourth-order valence-corrected chi connectivity index (χ4v) is 10.0. The monoisotopic (exact) mass is 819 g/mol. The van der Waals surface area contributed by atoms with Crippen LogP contribution in [0.25, 0.3) is 133 Å². The molecule has 0 unspecified atom stereocenters. The fourth-order valence-electron chi connectivity index (χ4n) is 10.0. The molecule has 0 aliphatic rings. The number of nitrogens with zero attached hydrogens (tertiary/aromatic N) is 5. The van der Waals surface area contributed by atoms with Crippen LogP contribution in [0.2, 0.25) is 0 Å². The highest BCUT2D eigenvalue weighted by molar-refractivity contribution is 6.26. The van der Waals surface area contributed by atoms with E-state index in [4.69, 9.17) is 23.8 Å². The van der Waals surface area contributed by atoms with E-state index < -0.39 is 0 Å². The van der Waals surface area contributed by atoms with Crippen molar-refractivity contribution in [1.82, 2.24) is 24.1 Å². The van der Waals surface area contributed by atoms with Gasteiger partial charge in [-0.1, -0.05) is 140 Å². The Kier molecular flexibility index (Phi) is 7.27. The minimum Gasteiger partial charge on any atom is -0.456 e. The summed E-state index contributed by atoms with van der Waals surface area (Å²) in [6.07, 6.45) is 0. The molecule has 7 heteroatoms. The van der Waals surface area contributed by atoms with Crippen molar-refractivity contribution < 1.29 is 8.83 Å². The summed E-state index contributed by atoms with van der Waals surface area (Å²) in [7, 11) is 0. The van der Waals surface area contributed by atoms with Crippen molar-refractivity contribution in [1.29, 1.82) is 0 Å². The van der Waals surface area contributed by atoms with E-state index in [0.29, 0.717) is 17.5 Å². The molecule has 298 valence electrons. The lowest BCUT2D eigenvalue weighted by atomic mass is 10.0. The first kappa shape index (κ1) is 34.9. The van der Waals surface area contributed by atoms with Crippen molar-refractivity contribution >= 4 is 87.5 Å². The van der Waals surface area contributed by atoms with Crippen LogP contribution in [0, 0.1) is 0 Å². The van der Waals surface area contributed by atoms with E-state index in [9.17, 15) is 0 Å². The maximum Gasteiger partial charge on any atom is 0.164 e. The van der Waals surface area contributed by atoms with Crippen LogP contribution < -0.4 is 0 Å². The van der Waals surface area contributed by atoms with E-state index in [1.165, 1.54) is 32.6 Å². The van der Waals surface area contributed by atoms with E-state index in [2.05, 4.69) is 143 Å². The standard InChI is InChI=1S/C57H33N5O2/c1-3-15-34(16-4-1)55-58-56(35-29-30-39-38-20-9-12-27-48(38)63-50(39)33-35)60-57(59-55)43-23-14-28-49-51(43)42-22-13-26-47(54(42)64-49)62-45-25-11-8-21-41(45)52-46(62)32-31-40-37-19-7-10-24-44(37)61(53(40)52)36-17-5-2-6-18-36/h1-33H. The zero-order chi connectivity index (χ0) is 41.9. The predicted molar refractivity (Wildman–Crippen MR) is 259 cm³/mol. The Morgan fingerprint density at radius 1 is 0.344 bits per heavy atom. The lowest BCUT2D eigenvalue weighted by Gasteiger charge is -2.10. The molecular weight excluding hydrogens is 787 g/mol. The van der Waals surface area contributed by atoms with Gasteiger partial charge in [-0.05, 0) is 60.7 Å². The highest BCUT2D eigenvalue weighted by atomic mass is 16.3. The SMILES string of the molecule is c1ccc(-c2nc(-c3ccc4c(c3)oc3ccccc34)nc(-c3cccc4oc5c(-n6c7ccccc7c7c6ccc6c8ccccc8n(-c8ccccc8)c67)cccc5c34)n2)cc1.